The molecule has 0 radical (unpaired) electrons. The molecule has 0 spiro atoms. The van der Waals surface area contributed by atoms with Crippen molar-refractivity contribution >= 4 is 40.7 Å². The first-order chi connectivity index (χ1) is 33.3. The Labute approximate surface area is 422 Å². The van der Waals surface area contributed by atoms with Crippen molar-refractivity contribution in [2.24, 2.45) is 35.5 Å². The zero-order valence-electron chi connectivity index (χ0n) is 43.2. The lowest BCUT2D eigenvalue weighted by atomic mass is 9.78. The SMILES string of the molecule is CO[C@@H]1C[C@H](C[C@@H](C)[C@@H]2CC[C@H](C)/C=C(\C)[C@@H](O)[C@@H](OC)C(=O)[C@H](C)C[C@H](C)/C=C/C=C/C=C(\C)C(Nc3cccc(Cl)c3)CC3CCC(C)[C@@](O)(O3)C(=O)C(=O)N3CCCCC3C(=O)O2)CC[C@H]1O. The number of ether oxygens (including phenoxy) is 4. The number of esters is 1. The summed E-state index contributed by atoms with van der Waals surface area (Å²) >= 11 is 6.38. The summed E-state index contributed by atoms with van der Waals surface area (Å²) in [6.07, 6.45) is 14.8. The van der Waals surface area contributed by atoms with E-state index in [4.69, 9.17) is 30.5 Å². The van der Waals surface area contributed by atoms with Crippen molar-refractivity contribution in [1.82, 2.24) is 4.90 Å². The van der Waals surface area contributed by atoms with Crippen molar-refractivity contribution < 1.29 is 53.4 Å². The number of rotatable bonds is 7. The van der Waals surface area contributed by atoms with Gasteiger partial charge >= 0.3 is 5.97 Å². The minimum absolute atomic E-state index is 0.0451. The number of allylic oxidation sites excluding steroid dienone is 6. The van der Waals surface area contributed by atoms with Crippen LogP contribution in [-0.4, -0.2) is 119 Å². The number of Topliss-reactive ketones (excluding diaryl/α,β-unsaturated/α-hetero) is 2. The maximum atomic E-state index is 14.5. The highest BCUT2D eigenvalue weighted by Gasteiger charge is 2.53. The predicted octanol–water partition coefficient (Wildman–Crippen LogP) is 9.12. The summed E-state index contributed by atoms with van der Waals surface area (Å²) in [6, 6.07) is 6.00. The van der Waals surface area contributed by atoms with Gasteiger partial charge < -0.3 is 44.5 Å². The van der Waals surface area contributed by atoms with Gasteiger partial charge in [0.15, 0.2) is 5.78 Å². The van der Waals surface area contributed by atoms with Crippen molar-refractivity contribution in [2.45, 2.75) is 186 Å². The molecule has 3 heterocycles. The molecular weight excluding hydrogens is 912 g/mol. The largest absolute Gasteiger partial charge is 0.461 e. The molecular formula is C56H83ClN2O11. The van der Waals surface area contributed by atoms with Crippen LogP contribution < -0.4 is 5.32 Å². The van der Waals surface area contributed by atoms with Crippen LogP contribution in [0, 0.1) is 35.5 Å². The lowest BCUT2D eigenvalue weighted by Crippen LogP contribution is -2.61. The minimum atomic E-state index is -2.42. The van der Waals surface area contributed by atoms with Crippen molar-refractivity contribution in [3.8, 4) is 0 Å². The molecule has 15 atom stereocenters. The van der Waals surface area contributed by atoms with E-state index in [1.54, 1.807) is 27.0 Å². The number of halogens is 1. The Morgan fingerprint density at radius 1 is 0.871 bits per heavy atom. The first-order valence-corrected chi connectivity index (χ1v) is 26.3. The topological polar surface area (TPSA) is 181 Å². The van der Waals surface area contributed by atoms with Gasteiger partial charge in [-0.3, -0.25) is 14.4 Å². The number of ketones is 2. The number of hydrogen-bond donors (Lipinski definition) is 4. The van der Waals surface area contributed by atoms with Crippen LogP contribution in [0.15, 0.2) is 71.9 Å². The zero-order chi connectivity index (χ0) is 51.3. The van der Waals surface area contributed by atoms with E-state index in [0.717, 1.165) is 17.7 Å². The molecule has 2 bridgehead atoms. The number of anilines is 1. The van der Waals surface area contributed by atoms with E-state index >= 15 is 0 Å². The van der Waals surface area contributed by atoms with Crippen LogP contribution in [-0.2, 0) is 38.1 Å². The summed E-state index contributed by atoms with van der Waals surface area (Å²) < 4.78 is 24.1. The average molecular weight is 996 g/mol. The molecule has 4 unspecified atom stereocenters. The third-order valence-electron chi connectivity index (χ3n) is 15.5. The van der Waals surface area contributed by atoms with Crippen LogP contribution in [0.3, 0.4) is 0 Å². The quantitative estimate of drug-likeness (QED) is 0.116. The van der Waals surface area contributed by atoms with Gasteiger partial charge in [0.25, 0.3) is 11.7 Å². The lowest BCUT2D eigenvalue weighted by Gasteiger charge is -2.43. The second kappa shape index (κ2) is 26.8. The van der Waals surface area contributed by atoms with Crippen LogP contribution in [0.25, 0.3) is 0 Å². The molecule has 1 aromatic rings. The van der Waals surface area contributed by atoms with E-state index in [1.807, 2.05) is 82.4 Å². The number of carbonyl (C=O) groups excluding carboxylic acids is 4. The molecule has 4 N–H and O–H groups in total. The van der Waals surface area contributed by atoms with Crippen molar-refractivity contribution in [3.05, 3.63) is 76.9 Å². The van der Waals surface area contributed by atoms with Gasteiger partial charge in [-0.2, -0.15) is 0 Å². The predicted molar refractivity (Wildman–Crippen MR) is 273 cm³/mol. The fourth-order valence-electron chi connectivity index (χ4n) is 11.0. The van der Waals surface area contributed by atoms with Gasteiger partial charge in [0.2, 0.25) is 5.79 Å². The third-order valence-corrected chi connectivity index (χ3v) is 15.7. The number of nitrogens with one attached hydrogen (secondary N) is 1. The van der Waals surface area contributed by atoms with E-state index in [0.29, 0.717) is 87.6 Å². The molecule has 70 heavy (non-hydrogen) atoms. The van der Waals surface area contributed by atoms with Crippen LogP contribution >= 0.6 is 11.6 Å². The van der Waals surface area contributed by atoms with E-state index in [2.05, 4.69) is 12.2 Å². The molecule has 2 saturated heterocycles. The molecule has 390 valence electrons. The smallest absolute Gasteiger partial charge is 0.329 e. The second-order valence-electron chi connectivity index (χ2n) is 21.2. The lowest BCUT2D eigenvalue weighted by molar-refractivity contribution is -0.263. The Hall–Kier alpha value is -3.69. The Bertz CT molecular complexity index is 2040. The van der Waals surface area contributed by atoms with Crippen LogP contribution in [0.1, 0.15) is 132 Å². The fraction of sp³-hybridized carbons (Fsp3) is 0.679. The number of hydrogen-bond acceptors (Lipinski definition) is 12. The molecule has 1 aromatic carbocycles. The van der Waals surface area contributed by atoms with E-state index < -0.39 is 65.9 Å². The number of amides is 1. The molecule has 13 nitrogen and oxygen atoms in total. The van der Waals surface area contributed by atoms with Gasteiger partial charge in [-0.25, -0.2) is 4.79 Å². The van der Waals surface area contributed by atoms with Gasteiger partial charge in [0, 0.05) is 49.4 Å². The summed E-state index contributed by atoms with van der Waals surface area (Å²) in [7, 11) is 3.05. The monoisotopic (exact) mass is 995 g/mol. The summed E-state index contributed by atoms with van der Waals surface area (Å²) in [5, 5.41) is 38.4. The Kier molecular flexibility index (Phi) is 21.9. The van der Waals surface area contributed by atoms with Crippen LogP contribution in [0.4, 0.5) is 5.69 Å². The van der Waals surface area contributed by atoms with Gasteiger partial charge in [-0.05, 0) is 145 Å². The fourth-order valence-corrected chi connectivity index (χ4v) is 11.2. The highest BCUT2D eigenvalue weighted by Crippen LogP contribution is 2.38. The van der Waals surface area contributed by atoms with Crippen molar-refractivity contribution in [2.75, 3.05) is 26.1 Å². The van der Waals surface area contributed by atoms with E-state index in [1.165, 1.54) is 12.0 Å². The Morgan fingerprint density at radius 2 is 1.63 bits per heavy atom. The standard InChI is InChI=1S/C56H83ClN2O11/c1-34-16-11-10-12-17-36(3)45(58-43-19-15-18-42(57)32-43)33-44-24-22-40(7)56(66,70-44)53(63)54(64)59-27-14-13-20-46(59)55(65)69-48(37(4)30-41-23-25-47(60)49(31-41)67-8)26-21-35(2)29-39(6)51(62)52(68-9)50(61)38(5)28-34/h10-12,15-19,29,32,34-35,37-38,40-41,44-49,51-52,58,60,62,66H,13-14,20-28,30-31,33H2,1-9H3/b12-10+,16-11+,36-17+,39-29+/t34-,35+,37-,38-,40?,41+,44?,45?,46?,47-,48+,49-,51-,52+,56-/m1/s1. The molecule has 3 fully saturated rings. The van der Waals surface area contributed by atoms with Crippen molar-refractivity contribution in [1.29, 1.82) is 0 Å². The normalized spacial score (nSPS) is 38.2. The van der Waals surface area contributed by atoms with E-state index in [-0.39, 0.29) is 54.1 Å². The third kappa shape index (κ3) is 15.4. The number of methoxy groups -OCH3 is 2. The number of aliphatic hydroxyl groups is 3. The Balaban J connectivity index is 1.48. The molecule has 1 amide bonds. The zero-order valence-corrected chi connectivity index (χ0v) is 43.9. The minimum Gasteiger partial charge on any atom is -0.461 e. The van der Waals surface area contributed by atoms with Gasteiger partial charge in [0.05, 0.1) is 18.3 Å². The van der Waals surface area contributed by atoms with Gasteiger partial charge in [-0.15, -0.1) is 0 Å². The van der Waals surface area contributed by atoms with E-state index in [9.17, 15) is 34.5 Å². The number of carbonyl (C=O) groups is 4. The molecule has 1 aliphatic carbocycles. The highest BCUT2D eigenvalue weighted by molar-refractivity contribution is 6.39. The maximum Gasteiger partial charge on any atom is 0.329 e. The van der Waals surface area contributed by atoms with Crippen LogP contribution in [0.2, 0.25) is 5.02 Å². The molecule has 1 saturated carbocycles. The Morgan fingerprint density at radius 3 is 2.34 bits per heavy atom. The first kappa shape index (κ1) is 57.2. The number of benzene rings is 1. The summed E-state index contributed by atoms with van der Waals surface area (Å²) in [5.74, 6) is -6.26. The molecule has 0 aromatic heterocycles. The number of nitrogens with zero attached hydrogens (tertiary/aromatic N) is 1. The summed E-state index contributed by atoms with van der Waals surface area (Å²) in [4.78, 5) is 58.5. The average Bonchev–Trinajstić information content (AvgIpc) is 3.33. The van der Waals surface area contributed by atoms with Gasteiger partial charge in [0.1, 0.15) is 24.4 Å². The molecule has 14 heteroatoms. The summed E-state index contributed by atoms with van der Waals surface area (Å²) in [5.41, 5.74) is 2.32. The first-order valence-electron chi connectivity index (χ1n) is 25.9. The van der Waals surface area contributed by atoms with Gasteiger partial charge in [-0.1, -0.05) is 94.3 Å². The number of fused-ring (bicyclic) bond motifs is 3. The number of piperidine rings is 1. The molecule has 5 rings (SSSR count). The maximum absolute atomic E-state index is 14.5. The molecule has 3 aliphatic heterocycles. The molecule has 4 aliphatic rings. The summed E-state index contributed by atoms with van der Waals surface area (Å²) in [6.45, 7) is 13.6. The number of aliphatic hydroxyl groups excluding tert-OH is 2. The highest BCUT2D eigenvalue weighted by atomic mass is 35.5. The second-order valence-corrected chi connectivity index (χ2v) is 21.6. The van der Waals surface area contributed by atoms with Crippen molar-refractivity contribution in [3.63, 3.8) is 0 Å². The van der Waals surface area contributed by atoms with Crippen LogP contribution in [0.5, 0.6) is 0 Å². The number of cyclic esters (lactones) is 1.